The molecule has 0 aliphatic carbocycles. The van der Waals surface area contributed by atoms with Gasteiger partial charge in [0.1, 0.15) is 17.2 Å². The maximum atomic E-state index is 14.4. The number of amides is 1. The van der Waals surface area contributed by atoms with Gasteiger partial charge in [0.05, 0.1) is 30.3 Å². The molecule has 14 heteroatoms. The minimum atomic E-state index is -5.15. The Bertz CT molecular complexity index is 1240. The summed E-state index contributed by atoms with van der Waals surface area (Å²) in [6.45, 7) is 0. The summed E-state index contributed by atoms with van der Waals surface area (Å²) in [6.07, 6.45) is -3.06. The van der Waals surface area contributed by atoms with Crippen molar-refractivity contribution in [3.8, 4) is 11.5 Å². The number of pyridine rings is 2. The Balaban J connectivity index is 2.01. The van der Waals surface area contributed by atoms with E-state index in [2.05, 4.69) is 20.0 Å². The van der Waals surface area contributed by atoms with E-state index >= 15 is 0 Å². The van der Waals surface area contributed by atoms with Crippen LogP contribution in [0.4, 0.5) is 27.6 Å². The van der Waals surface area contributed by atoms with Crippen molar-refractivity contribution in [3.63, 3.8) is 0 Å². The summed E-state index contributed by atoms with van der Waals surface area (Å²) in [7, 11) is 1.16. The van der Waals surface area contributed by atoms with Crippen LogP contribution in [0.5, 0.6) is 11.5 Å². The number of hydrogen-bond acceptors (Lipinski definition) is 7. The third-order valence-corrected chi connectivity index (χ3v) is 4.35. The highest BCUT2D eigenvalue weighted by atomic mass is 19.4. The summed E-state index contributed by atoms with van der Waals surface area (Å²) in [6, 6.07) is 3.75. The van der Waals surface area contributed by atoms with Gasteiger partial charge in [-0.3, -0.25) is 19.9 Å². The zero-order valence-corrected chi connectivity index (χ0v) is 17.0. The van der Waals surface area contributed by atoms with Gasteiger partial charge in [-0.1, -0.05) is 6.07 Å². The molecule has 34 heavy (non-hydrogen) atoms. The molecule has 9 nitrogen and oxygen atoms in total. The summed E-state index contributed by atoms with van der Waals surface area (Å²) in [5.41, 5.74) is -1.64. The van der Waals surface area contributed by atoms with Gasteiger partial charge >= 0.3 is 12.0 Å². The summed E-state index contributed by atoms with van der Waals surface area (Å²) < 4.78 is 74.4. The lowest BCUT2D eigenvalue weighted by atomic mass is 10.0. The van der Waals surface area contributed by atoms with Gasteiger partial charge in [-0.15, -0.1) is 13.2 Å². The van der Waals surface area contributed by atoms with Crippen molar-refractivity contribution in [1.82, 2.24) is 15.3 Å². The Kier molecular flexibility index (Phi) is 6.89. The van der Waals surface area contributed by atoms with Crippen LogP contribution in [0.2, 0.25) is 0 Å². The van der Waals surface area contributed by atoms with Gasteiger partial charge in [0.15, 0.2) is 11.6 Å². The Hall–Kier alpha value is -4.36. The van der Waals surface area contributed by atoms with Crippen molar-refractivity contribution < 1.29 is 41.1 Å². The maximum Gasteiger partial charge on any atom is 0.573 e. The zero-order valence-electron chi connectivity index (χ0n) is 17.0. The van der Waals surface area contributed by atoms with Gasteiger partial charge in [-0.25, -0.2) is 13.8 Å². The fourth-order valence-corrected chi connectivity index (χ4v) is 2.89. The van der Waals surface area contributed by atoms with Crippen molar-refractivity contribution in [2.45, 2.75) is 12.4 Å². The van der Waals surface area contributed by atoms with Gasteiger partial charge in [0.2, 0.25) is 5.75 Å². The molecule has 0 unspecified atom stereocenters. The van der Waals surface area contributed by atoms with Crippen LogP contribution in [0.1, 0.15) is 27.8 Å². The molecule has 1 amide bonds. The number of ether oxygens (including phenoxy) is 2. The third kappa shape index (κ3) is 5.51. The van der Waals surface area contributed by atoms with Crippen molar-refractivity contribution in [3.05, 3.63) is 87.5 Å². The van der Waals surface area contributed by atoms with Gasteiger partial charge in [0.25, 0.3) is 5.91 Å². The number of rotatable bonds is 7. The number of aromatic nitrogens is 2. The molecule has 0 saturated carbocycles. The molecule has 0 fully saturated rings. The fraction of sp³-hybridized carbons (Fsp3) is 0.150. The van der Waals surface area contributed by atoms with Gasteiger partial charge in [-0.05, 0) is 29.8 Å². The van der Waals surface area contributed by atoms with E-state index in [1.165, 1.54) is 12.3 Å². The second-order valence-corrected chi connectivity index (χ2v) is 6.51. The van der Waals surface area contributed by atoms with Crippen LogP contribution in [-0.4, -0.2) is 34.3 Å². The molecule has 3 aromatic rings. The number of benzene rings is 1. The topological polar surface area (TPSA) is 116 Å². The largest absolute Gasteiger partial charge is 0.573 e. The predicted molar refractivity (Wildman–Crippen MR) is 104 cm³/mol. The van der Waals surface area contributed by atoms with E-state index in [1.807, 2.05) is 0 Å². The first-order chi connectivity index (χ1) is 16.0. The van der Waals surface area contributed by atoms with Crippen LogP contribution >= 0.6 is 0 Å². The number of carbonyl (C=O) groups is 1. The number of nitro groups is 1. The highest BCUT2D eigenvalue weighted by Gasteiger charge is 2.33. The van der Waals surface area contributed by atoms with Crippen LogP contribution in [0.3, 0.4) is 0 Å². The molecular formula is C20H13F5N4O5. The summed E-state index contributed by atoms with van der Waals surface area (Å²) in [5, 5.41) is 13.5. The Morgan fingerprint density at radius 2 is 1.85 bits per heavy atom. The minimum absolute atomic E-state index is 0.194. The molecular weight excluding hydrogens is 471 g/mol. The molecule has 0 spiro atoms. The molecule has 1 atom stereocenters. The quantitative estimate of drug-likeness (QED) is 0.305. The zero-order chi connectivity index (χ0) is 25.0. The monoisotopic (exact) mass is 484 g/mol. The molecule has 2 aromatic heterocycles. The average molecular weight is 484 g/mol. The molecule has 0 radical (unpaired) electrons. The van der Waals surface area contributed by atoms with Gasteiger partial charge in [-0.2, -0.15) is 0 Å². The maximum absolute atomic E-state index is 14.4. The average Bonchev–Trinajstić information content (AvgIpc) is 2.78. The van der Waals surface area contributed by atoms with Gasteiger partial charge < -0.3 is 14.8 Å². The van der Waals surface area contributed by atoms with E-state index in [1.54, 1.807) is 0 Å². The first-order valence-corrected chi connectivity index (χ1v) is 9.15. The summed E-state index contributed by atoms with van der Waals surface area (Å²) in [5.74, 6) is -4.77. The normalized spacial score (nSPS) is 12.1. The van der Waals surface area contributed by atoms with Crippen LogP contribution in [0.25, 0.3) is 0 Å². The molecule has 0 aliphatic rings. The number of methoxy groups -OCH3 is 1. The number of alkyl halides is 3. The van der Waals surface area contributed by atoms with E-state index in [0.717, 1.165) is 31.5 Å². The molecule has 1 N–H and O–H groups in total. The number of carbonyl (C=O) groups excluding carboxylic acids is 1. The summed E-state index contributed by atoms with van der Waals surface area (Å²) in [4.78, 5) is 30.7. The lowest BCUT2D eigenvalue weighted by molar-refractivity contribution is -0.385. The molecule has 3 rings (SSSR count). The van der Waals surface area contributed by atoms with E-state index in [4.69, 9.17) is 4.74 Å². The fourth-order valence-electron chi connectivity index (χ4n) is 2.89. The standard InChI is InChI=1S/C20H13F5N4O5/c1-33-16-9-27-13(8-14(16)29(31)32)19(30)28-17(18-11(21)3-2-6-26-18)10-4-5-15(12(22)7-10)34-20(23,24)25/h2-9,17H,1H3,(H,28,30)/t17-/m0/s1. The van der Waals surface area contributed by atoms with Crippen molar-refractivity contribution >= 4 is 11.6 Å². The Labute approximate surface area is 187 Å². The van der Waals surface area contributed by atoms with Crippen molar-refractivity contribution in [2.24, 2.45) is 0 Å². The van der Waals surface area contributed by atoms with E-state index < -0.39 is 57.7 Å². The smallest absolute Gasteiger partial charge is 0.489 e. The van der Waals surface area contributed by atoms with E-state index in [-0.39, 0.29) is 11.3 Å². The SMILES string of the molecule is COc1cnc(C(=O)N[C@@H](c2ccc(OC(F)(F)F)c(F)c2)c2ncccc2F)cc1[N+](=O)[O-]. The number of halogens is 5. The predicted octanol–water partition coefficient (Wildman–Crippen LogP) is 4.09. The molecule has 0 bridgehead atoms. The Morgan fingerprint density at radius 3 is 2.44 bits per heavy atom. The lowest BCUT2D eigenvalue weighted by Crippen LogP contribution is -2.31. The van der Waals surface area contributed by atoms with Crippen molar-refractivity contribution in [2.75, 3.05) is 7.11 Å². The van der Waals surface area contributed by atoms with E-state index in [9.17, 15) is 36.9 Å². The molecule has 0 aliphatic heterocycles. The van der Waals surface area contributed by atoms with Crippen LogP contribution in [0.15, 0.2) is 48.8 Å². The highest BCUT2D eigenvalue weighted by molar-refractivity contribution is 5.93. The van der Waals surface area contributed by atoms with Crippen LogP contribution in [-0.2, 0) is 0 Å². The summed E-state index contributed by atoms with van der Waals surface area (Å²) >= 11 is 0. The molecule has 1 aromatic carbocycles. The number of hydrogen-bond donors (Lipinski definition) is 1. The van der Waals surface area contributed by atoms with Gasteiger partial charge in [0, 0.05) is 6.20 Å². The van der Waals surface area contributed by atoms with Crippen molar-refractivity contribution in [1.29, 1.82) is 0 Å². The first-order valence-electron chi connectivity index (χ1n) is 9.15. The lowest BCUT2D eigenvalue weighted by Gasteiger charge is -2.20. The van der Waals surface area contributed by atoms with E-state index in [0.29, 0.717) is 12.1 Å². The Morgan fingerprint density at radius 1 is 1.12 bits per heavy atom. The van der Waals surface area contributed by atoms with Crippen LogP contribution in [0, 0.1) is 21.7 Å². The second kappa shape index (κ2) is 9.64. The molecule has 2 heterocycles. The number of nitrogens with zero attached hydrogens (tertiary/aromatic N) is 3. The molecule has 0 saturated heterocycles. The highest BCUT2D eigenvalue weighted by Crippen LogP contribution is 2.31. The minimum Gasteiger partial charge on any atom is -0.489 e. The third-order valence-electron chi connectivity index (χ3n) is 4.35. The molecule has 178 valence electrons. The van der Waals surface area contributed by atoms with Crippen LogP contribution < -0.4 is 14.8 Å². The number of nitrogens with one attached hydrogen (secondary N) is 1. The first kappa shape index (κ1) is 24.3. The second-order valence-electron chi connectivity index (χ2n) is 6.51.